The normalized spacial score (nSPS) is 10.2. The Bertz CT molecular complexity index is 865. The molecule has 0 fully saturated rings. The van der Waals surface area contributed by atoms with E-state index in [1.165, 1.54) is 22.2 Å². The number of nitrogens with one attached hydrogen (secondary N) is 4. The third-order valence-electron chi connectivity index (χ3n) is 2.55. The lowest BCUT2D eigenvalue weighted by atomic mass is 10.2. The Morgan fingerprint density at radius 1 is 0.885 bits per heavy atom. The number of benzene rings is 1. The van der Waals surface area contributed by atoms with Crippen molar-refractivity contribution in [3.8, 4) is 0 Å². The van der Waals surface area contributed by atoms with Gasteiger partial charge in [0.25, 0.3) is 10.0 Å². The highest BCUT2D eigenvalue weighted by Gasteiger charge is 2.25. The molecule has 0 saturated carbocycles. The maximum absolute atomic E-state index is 12.2. The molecule has 0 aromatic heterocycles. The molecule has 13 heteroatoms. The number of amides is 7. The van der Waals surface area contributed by atoms with E-state index in [1.54, 1.807) is 10.6 Å². The van der Waals surface area contributed by atoms with Gasteiger partial charge < -0.3 is 4.74 Å². The van der Waals surface area contributed by atoms with Crippen LogP contribution < -0.4 is 20.7 Å². The molecule has 0 radical (unpaired) electrons. The topological polar surface area (TPSA) is 177 Å². The Morgan fingerprint density at radius 3 is 2.00 bits per heavy atom. The van der Waals surface area contributed by atoms with Gasteiger partial charge in [0.1, 0.15) is 4.90 Å². The standard InChI is InChI=1S/C13H14N4O8S/c1-7(18)14-11(20)15-12(21)16-13(22)17-26(23,24)9-6-4-3-5-8(9)10(19)25-2/h3-6H,1-2H3,(H4,14,15,16,17,18,20,21,22). The number of ether oxygens (including phenoxy) is 1. The highest BCUT2D eigenvalue weighted by atomic mass is 32.2. The number of urea groups is 3. The van der Waals surface area contributed by atoms with Crippen LogP contribution in [0.3, 0.4) is 0 Å². The molecule has 12 nitrogen and oxygen atoms in total. The number of carbonyl (C=O) groups excluding carboxylic acids is 5. The first-order valence-corrected chi connectivity index (χ1v) is 8.19. The summed E-state index contributed by atoms with van der Waals surface area (Å²) in [6.45, 7) is 1.01. The van der Waals surface area contributed by atoms with E-state index in [9.17, 15) is 32.4 Å². The van der Waals surface area contributed by atoms with E-state index in [1.807, 2.05) is 0 Å². The van der Waals surface area contributed by atoms with Crippen LogP contribution in [-0.2, 0) is 19.6 Å². The average Bonchev–Trinajstić information content (AvgIpc) is 2.52. The number of hydrogen-bond donors (Lipinski definition) is 4. The molecule has 0 heterocycles. The van der Waals surface area contributed by atoms with Crippen LogP contribution >= 0.6 is 0 Å². The van der Waals surface area contributed by atoms with Gasteiger partial charge in [0.05, 0.1) is 12.7 Å². The van der Waals surface area contributed by atoms with Crippen molar-refractivity contribution in [3.05, 3.63) is 29.8 Å². The summed E-state index contributed by atoms with van der Waals surface area (Å²) >= 11 is 0. The molecular weight excluding hydrogens is 372 g/mol. The van der Waals surface area contributed by atoms with Gasteiger partial charge >= 0.3 is 24.1 Å². The lowest BCUT2D eigenvalue weighted by molar-refractivity contribution is -0.117. The van der Waals surface area contributed by atoms with Gasteiger partial charge in [0, 0.05) is 6.92 Å². The van der Waals surface area contributed by atoms with Crippen molar-refractivity contribution in [1.82, 2.24) is 20.7 Å². The number of esters is 1. The van der Waals surface area contributed by atoms with Crippen molar-refractivity contribution in [3.63, 3.8) is 0 Å². The third kappa shape index (κ3) is 5.86. The van der Waals surface area contributed by atoms with Gasteiger partial charge in [-0.2, -0.15) is 0 Å². The first kappa shape index (κ1) is 20.6. The van der Waals surface area contributed by atoms with Crippen LogP contribution in [-0.4, -0.2) is 45.5 Å². The first-order chi connectivity index (χ1) is 12.1. The first-order valence-electron chi connectivity index (χ1n) is 6.70. The lowest BCUT2D eigenvalue weighted by Crippen LogP contribution is -2.51. The molecule has 0 unspecified atom stereocenters. The summed E-state index contributed by atoms with van der Waals surface area (Å²) in [5.41, 5.74) is -0.333. The molecule has 0 aliphatic carbocycles. The van der Waals surface area contributed by atoms with Crippen LogP contribution in [0.15, 0.2) is 29.2 Å². The van der Waals surface area contributed by atoms with Crippen LogP contribution in [0.25, 0.3) is 0 Å². The van der Waals surface area contributed by atoms with E-state index in [0.717, 1.165) is 26.2 Å². The van der Waals surface area contributed by atoms with E-state index >= 15 is 0 Å². The van der Waals surface area contributed by atoms with Crippen LogP contribution in [0.2, 0.25) is 0 Å². The predicted octanol–water partition coefficient (Wildman–Crippen LogP) is -0.573. The quantitative estimate of drug-likeness (QED) is 0.499. The second-order valence-corrected chi connectivity index (χ2v) is 6.16. The number of methoxy groups -OCH3 is 1. The van der Waals surface area contributed by atoms with Crippen molar-refractivity contribution >= 4 is 40.0 Å². The van der Waals surface area contributed by atoms with E-state index < -0.39 is 44.9 Å². The number of sulfonamides is 1. The zero-order chi connectivity index (χ0) is 19.9. The molecule has 0 spiro atoms. The predicted molar refractivity (Wildman–Crippen MR) is 84.4 cm³/mol. The fourth-order valence-electron chi connectivity index (χ4n) is 1.61. The SMILES string of the molecule is COC(=O)c1ccccc1S(=O)(=O)NC(=O)NC(=O)NC(=O)NC(C)=O. The van der Waals surface area contributed by atoms with Crippen LogP contribution in [0.4, 0.5) is 14.4 Å². The summed E-state index contributed by atoms with van der Waals surface area (Å²) in [7, 11) is -3.49. The molecule has 0 bridgehead atoms. The van der Waals surface area contributed by atoms with Crippen LogP contribution in [0, 0.1) is 0 Å². The molecule has 0 aliphatic heterocycles. The molecule has 140 valence electrons. The number of rotatable bonds is 3. The second-order valence-electron chi connectivity index (χ2n) is 4.51. The minimum Gasteiger partial charge on any atom is -0.465 e. The summed E-state index contributed by atoms with van der Waals surface area (Å²) in [5, 5.41) is 4.76. The maximum atomic E-state index is 12.2. The van der Waals surface area contributed by atoms with Gasteiger partial charge in [-0.25, -0.2) is 32.3 Å². The second kappa shape index (κ2) is 8.57. The zero-order valence-electron chi connectivity index (χ0n) is 13.5. The van der Waals surface area contributed by atoms with Crippen molar-refractivity contribution in [2.24, 2.45) is 0 Å². The highest BCUT2D eigenvalue weighted by molar-refractivity contribution is 7.90. The van der Waals surface area contributed by atoms with Crippen molar-refractivity contribution in [2.75, 3.05) is 7.11 Å². The van der Waals surface area contributed by atoms with E-state index in [4.69, 9.17) is 0 Å². The average molecular weight is 386 g/mol. The van der Waals surface area contributed by atoms with Gasteiger partial charge in [-0.3, -0.25) is 20.7 Å². The molecule has 1 rings (SSSR count). The number of hydrogen-bond acceptors (Lipinski definition) is 8. The van der Waals surface area contributed by atoms with Gasteiger partial charge in [0.15, 0.2) is 0 Å². The Labute approximate surface area is 147 Å². The summed E-state index contributed by atoms with van der Waals surface area (Å²) in [4.78, 5) is 55.7. The monoisotopic (exact) mass is 386 g/mol. The molecule has 0 aliphatic rings. The lowest BCUT2D eigenvalue weighted by Gasteiger charge is -2.11. The van der Waals surface area contributed by atoms with Gasteiger partial charge in [-0.1, -0.05) is 12.1 Å². The molecule has 7 amide bonds. The van der Waals surface area contributed by atoms with E-state index in [2.05, 4.69) is 4.74 Å². The Balaban J connectivity index is 2.83. The highest BCUT2D eigenvalue weighted by Crippen LogP contribution is 2.16. The molecule has 1 aromatic carbocycles. The Morgan fingerprint density at radius 2 is 1.42 bits per heavy atom. The van der Waals surface area contributed by atoms with Gasteiger partial charge in [-0.05, 0) is 12.1 Å². The smallest absolute Gasteiger partial charge is 0.339 e. The van der Waals surface area contributed by atoms with Crippen LogP contribution in [0.5, 0.6) is 0 Å². The van der Waals surface area contributed by atoms with Crippen molar-refractivity contribution in [2.45, 2.75) is 11.8 Å². The van der Waals surface area contributed by atoms with E-state index in [-0.39, 0.29) is 5.56 Å². The molecule has 0 atom stereocenters. The zero-order valence-corrected chi connectivity index (χ0v) is 14.3. The summed E-state index contributed by atoms with van der Waals surface area (Å²) < 4.78 is 30.3. The minimum atomic E-state index is -4.54. The summed E-state index contributed by atoms with van der Waals surface area (Å²) in [5.74, 6) is -1.72. The molecule has 0 saturated heterocycles. The van der Waals surface area contributed by atoms with Crippen molar-refractivity contribution < 1.29 is 37.1 Å². The molecule has 1 aromatic rings. The maximum Gasteiger partial charge on any atom is 0.339 e. The third-order valence-corrected chi connectivity index (χ3v) is 3.94. The molecule has 4 N–H and O–H groups in total. The fourth-order valence-corrected chi connectivity index (χ4v) is 2.71. The minimum absolute atomic E-state index is 0.333. The van der Waals surface area contributed by atoms with Crippen molar-refractivity contribution in [1.29, 1.82) is 0 Å². The van der Waals surface area contributed by atoms with Gasteiger partial charge in [0.2, 0.25) is 5.91 Å². The number of imide groups is 3. The van der Waals surface area contributed by atoms with Gasteiger partial charge in [-0.15, -0.1) is 0 Å². The fraction of sp³-hybridized carbons (Fsp3) is 0.154. The Hall–Kier alpha value is -3.48. The number of carbonyl (C=O) groups is 5. The van der Waals surface area contributed by atoms with Crippen LogP contribution in [0.1, 0.15) is 17.3 Å². The largest absolute Gasteiger partial charge is 0.465 e. The molecule has 26 heavy (non-hydrogen) atoms. The summed E-state index contributed by atoms with van der Waals surface area (Å²) in [6, 6.07) is 0.779. The van der Waals surface area contributed by atoms with E-state index in [0.29, 0.717) is 0 Å². The Kier molecular flexibility index (Phi) is 6.78. The summed E-state index contributed by atoms with van der Waals surface area (Å²) in [6.07, 6.45) is 0. The molecular formula is C13H14N4O8S.